The van der Waals surface area contributed by atoms with Gasteiger partial charge >= 0.3 is 0 Å². The molecule has 1 N–H and O–H groups in total. The number of aromatic nitrogens is 1. The first kappa shape index (κ1) is 14.5. The van der Waals surface area contributed by atoms with Gasteiger partial charge in [-0.2, -0.15) is 0 Å². The van der Waals surface area contributed by atoms with E-state index in [1.54, 1.807) is 7.11 Å². The van der Waals surface area contributed by atoms with E-state index in [4.69, 9.17) is 4.74 Å². The van der Waals surface area contributed by atoms with Crippen LogP contribution in [0.2, 0.25) is 0 Å². The number of hydrogen-bond acceptors (Lipinski definition) is 3. The molecule has 2 aromatic rings. The van der Waals surface area contributed by atoms with Crippen LogP contribution in [0.3, 0.4) is 0 Å². The van der Waals surface area contributed by atoms with Crippen LogP contribution < -0.4 is 0 Å². The molecule has 1 aliphatic rings. The van der Waals surface area contributed by atoms with Gasteiger partial charge in [0.05, 0.1) is 11.1 Å². The average molecular weight is 285 g/mol. The topological polar surface area (TPSA) is 42.4 Å². The molecule has 1 atom stereocenters. The number of fused-ring (bicyclic) bond motifs is 1. The van der Waals surface area contributed by atoms with Gasteiger partial charge in [0.15, 0.2) is 0 Å². The lowest BCUT2D eigenvalue weighted by Crippen LogP contribution is -2.40. The third kappa shape index (κ3) is 2.68. The third-order valence-electron chi connectivity index (χ3n) is 4.77. The molecule has 1 aromatic carbocycles. The fourth-order valence-corrected chi connectivity index (χ4v) is 3.46. The Morgan fingerprint density at radius 3 is 2.62 bits per heavy atom. The molecule has 0 amide bonds. The number of hydrogen-bond donors (Lipinski definition) is 1. The van der Waals surface area contributed by atoms with Crippen molar-refractivity contribution in [1.82, 2.24) is 4.98 Å². The summed E-state index contributed by atoms with van der Waals surface area (Å²) in [7, 11) is 1.72. The molecule has 0 radical (unpaired) electrons. The van der Waals surface area contributed by atoms with Gasteiger partial charge in [-0.25, -0.2) is 0 Å². The number of methoxy groups -OCH3 is 1. The zero-order valence-electron chi connectivity index (χ0n) is 12.8. The smallest absolute Gasteiger partial charge is 0.108 e. The largest absolute Gasteiger partial charge is 0.385 e. The van der Waals surface area contributed by atoms with Crippen LogP contribution in [-0.4, -0.2) is 22.8 Å². The van der Waals surface area contributed by atoms with Crippen molar-refractivity contribution in [2.45, 2.75) is 50.7 Å². The molecule has 3 nitrogen and oxygen atoms in total. The Balaban J connectivity index is 1.96. The van der Waals surface area contributed by atoms with E-state index in [1.165, 1.54) is 6.42 Å². The predicted molar refractivity (Wildman–Crippen MR) is 84.3 cm³/mol. The van der Waals surface area contributed by atoms with Crippen molar-refractivity contribution in [2.24, 2.45) is 0 Å². The molecule has 3 rings (SSSR count). The Hall–Kier alpha value is -1.45. The maximum Gasteiger partial charge on any atom is 0.108 e. The van der Waals surface area contributed by atoms with Crippen molar-refractivity contribution in [3.05, 3.63) is 41.6 Å². The van der Waals surface area contributed by atoms with Gasteiger partial charge in [-0.1, -0.05) is 31.4 Å². The number of benzene rings is 1. The molecular formula is C18H23NO2. The summed E-state index contributed by atoms with van der Waals surface area (Å²) in [6.07, 6.45) is 4.76. The minimum atomic E-state index is -0.575. The fraction of sp³-hybridized carbons (Fsp3) is 0.500. The van der Waals surface area contributed by atoms with E-state index in [-0.39, 0.29) is 0 Å². The molecule has 1 saturated carbocycles. The molecule has 1 heterocycles. The predicted octanol–water partition coefficient (Wildman–Crippen LogP) is 3.93. The van der Waals surface area contributed by atoms with Crippen LogP contribution in [0.5, 0.6) is 0 Å². The molecular weight excluding hydrogens is 262 g/mol. The minimum absolute atomic E-state index is 0.427. The summed E-state index contributed by atoms with van der Waals surface area (Å²) >= 11 is 0. The van der Waals surface area contributed by atoms with Crippen molar-refractivity contribution >= 4 is 10.9 Å². The molecule has 0 bridgehead atoms. The van der Waals surface area contributed by atoms with E-state index < -0.39 is 11.7 Å². The van der Waals surface area contributed by atoms with Gasteiger partial charge in [0, 0.05) is 18.2 Å². The number of rotatable bonds is 3. The van der Waals surface area contributed by atoms with Gasteiger partial charge in [-0.3, -0.25) is 4.98 Å². The minimum Gasteiger partial charge on any atom is -0.385 e. The molecule has 1 fully saturated rings. The lowest BCUT2D eigenvalue weighted by molar-refractivity contribution is -0.125. The molecule has 0 aliphatic heterocycles. The molecule has 1 aromatic heterocycles. The molecule has 0 spiro atoms. The van der Waals surface area contributed by atoms with E-state index in [0.717, 1.165) is 47.8 Å². The van der Waals surface area contributed by atoms with Crippen molar-refractivity contribution in [3.8, 4) is 0 Å². The van der Waals surface area contributed by atoms with Crippen molar-refractivity contribution in [3.63, 3.8) is 0 Å². The Morgan fingerprint density at radius 2 is 1.90 bits per heavy atom. The second kappa shape index (κ2) is 5.74. The van der Waals surface area contributed by atoms with Crippen molar-refractivity contribution in [2.75, 3.05) is 7.11 Å². The monoisotopic (exact) mass is 285 g/mol. The summed E-state index contributed by atoms with van der Waals surface area (Å²) < 4.78 is 5.76. The number of pyridine rings is 1. The highest BCUT2D eigenvalue weighted by molar-refractivity contribution is 5.79. The van der Waals surface area contributed by atoms with Crippen molar-refractivity contribution in [1.29, 1.82) is 0 Å². The molecule has 1 unspecified atom stereocenters. The highest BCUT2D eigenvalue weighted by Crippen LogP contribution is 2.41. The summed E-state index contributed by atoms with van der Waals surface area (Å²) in [6, 6.07) is 10.1. The van der Waals surface area contributed by atoms with E-state index in [0.29, 0.717) is 0 Å². The number of nitrogens with zero attached hydrogens (tertiary/aromatic N) is 1. The van der Waals surface area contributed by atoms with Gasteiger partial charge in [0.2, 0.25) is 0 Å². The van der Waals surface area contributed by atoms with Crippen LogP contribution in [0, 0.1) is 6.92 Å². The third-order valence-corrected chi connectivity index (χ3v) is 4.77. The maximum absolute atomic E-state index is 10.9. The normalized spacial score (nSPS) is 19.6. The second-order valence-electron chi connectivity index (χ2n) is 6.14. The van der Waals surface area contributed by atoms with Crippen LogP contribution in [0.1, 0.15) is 49.5 Å². The van der Waals surface area contributed by atoms with Crippen LogP contribution >= 0.6 is 0 Å². The number of ether oxygens (including phenoxy) is 1. The summed E-state index contributed by atoms with van der Waals surface area (Å²) in [5.41, 5.74) is 2.48. The van der Waals surface area contributed by atoms with Crippen molar-refractivity contribution < 1.29 is 9.84 Å². The van der Waals surface area contributed by atoms with E-state index in [2.05, 4.69) is 11.1 Å². The van der Waals surface area contributed by atoms with E-state index in [1.807, 2.05) is 31.2 Å². The Kier molecular flexibility index (Phi) is 3.96. The summed E-state index contributed by atoms with van der Waals surface area (Å²) in [4.78, 5) is 4.51. The SMILES string of the molecule is COC1(C(O)c2ccc3nc(C)ccc3c2)CCCCC1. The van der Waals surface area contributed by atoms with Gasteiger partial charge in [-0.15, -0.1) is 0 Å². The fourth-order valence-electron chi connectivity index (χ4n) is 3.46. The second-order valence-corrected chi connectivity index (χ2v) is 6.14. The van der Waals surface area contributed by atoms with E-state index in [9.17, 15) is 5.11 Å². The molecule has 3 heteroatoms. The number of aliphatic hydroxyl groups excluding tert-OH is 1. The lowest BCUT2D eigenvalue weighted by Gasteiger charge is -2.40. The highest BCUT2D eigenvalue weighted by atomic mass is 16.5. The standard InChI is InChI=1S/C18H23NO2/c1-13-6-7-14-12-15(8-9-16(14)19-13)17(20)18(21-2)10-4-3-5-11-18/h6-9,12,17,20H,3-5,10-11H2,1-2H3. The van der Waals surface area contributed by atoms with Gasteiger partial charge in [0.1, 0.15) is 6.10 Å². The summed E-state index contributed by atoms with van der Waals surface area (Å²) in [6.45, 7) is 1.99. The Bertz CT molecular complexity index is 632. The van der Waals surface area contributed by atoms with Crippen LogP contribution in [0.4, 0.5) is 0 Å². The van der Waals surface area contributed by atoms with Gasteiger partial charge in [0.25, 0.3) is 0 Å². The Morgan fingerprint density at radius 1 is 1.14 bits per heavy atom. The quantitative estimate of drug-likeness (QED) is 0.929. The van der Waals surface area contributed by atoms with E-state index >= 15 is 0 Å². The molecule has 112 valence electrons. The Labute approximate surface area is 126 Å². The van der Waals surface area contributed by atoms with Crippen LogP contribution in [0.15, 0.2) is 30.3 Å². The average Bonchev–Trinajstić information content (AvgIpc) is 2.54. The maximum atomic E-state index is 10.9. The molecule has 1 aliphatic carbocycles. The first-order chi connectivity index (χ1) is 10.1. The van der Waals surface area contributed by atoms with Crippen LogP contribution in [0.25, 0.3) is 10.9 Å². The number of aryl methyl sites for hydroxylation is 1. The summed E-state index contributed by atoms with van der Waals surface area (Å²) in [5, 5.41) is 11.9. The highest BCUT2D eigenvalue weighted by Gasteiger charge is 2.40. The van der Waals surface area contributed by atoms with Gasteiger partial charge < -0.3 is 9.84 Å². The summed E-state index contributed by atoms with van der Waals surface area (Å²) in [5.74, 6) is 0. The molecule has 0 saturated heterocycles. The first-order valence-corrected chi connectivity index (χ1v) is 7.75. The zero-order valence-corrected chi connectivity index (χ0v) is 12.8. The number of aliphatic hydroxyl groups is 1. The molecule has 21 heavy (non-hydrogen) atoms. The first-order valence-electron chi connectivity index (χ1n) is 7.75. The lowest BCUT2D eigenvalue weighted by atomic mass is 9.78. The van der Waals surface area contributed by atoms with Gasteiger partial charge in [-0.05, 0) is 43.5 Å². The van der Waals surface area contributed by atoms with Crippen LogP contribution in [-0.2, 0) is 4.74 Å². The zero-order chi connectivity index (χ0) is 14.9.